The molecule has 82 heavy (non-hydrogen) atoms. The van der Waals surface area contributed by atoms with Crippen molar-refractivity contribution in [2.24, 2.45) is 0 Å². The van der Waals surface area contributed by atoms with Gasteiger partial charge in [0.15, 0.2) is 0 Å². The average Bonchev–Trinajstić information content (AvgIpc) is 4.34. The van der Waals surface area contributed by atoms with Gasteiger partial charge in [0.25, 0.3) is 0 Å². The van der Waals surface area contributed by atoms with Crippen LogP contribution in [0.25, 0.3) is 0 Å². The number of aryl methyl sites for hydroxylation is 3. The smallest absolute Gasteiger partial charge is 0.337 e. The summed E-state index contributed by atoms with van der Waals surface area (Å²) in [6, 6.07) is 27.7. The molecule has 8 rings (SSSR count). The Labute approximate surface area is 489 Å². The molecule has 4 heterocycles. The summed E-state index contributed by atoms with van der Waals surface area (Å²) >= 11 is 6.50. The topological polar surface area (TPSA) is 337 Å². The number of unbranched alkanes of at least 4 members (excludes halogenated alkanes) is 2. The molecule has 0 saturated carbocycles. The molecule has 426 valence electrons. The number of nitrogens with one attached hydrogen (secondary N) is 6. The first kappa shape index (κ1) is 59.9. The van der Waals surface area contributed by atoms with Crippen LogP contribution < -0.4 is 31.9 Å². The number of nitrogens with zero attached hydrogens (tertiary/aromatic N) is 8. The number of benzene rings is 4. The Morgan fingerprint density at radius 2 is 0.951 bits per heavy atom. The highest BCUT2D eigenvalue weighted by molar-refractivity contribution is 7.99. The number of aliphatic hydroxyl groups is 2. The number of hydrogen-bond donors (Lipinski definition) is 8. The van der Waals surface area contributed by atoms with Gasteiger partial charge in [0.05, 0.1) is 50.4 Å². The van der Waals surface area contributed by atoms with E-state index in [0.717, 1.165) is 46.2 Å². The van der Waals surface area contributed by atoms with Gasteiger partial charge in [-0.15, -0.1) is 40.8 Å². The third kappa shape index (κ3) is 17.2. The van der Waals surface area contributed by atoms with Crippen LogP contribution >= 0.6 is 57.1 Å². The van der Waals surface area contributed by atoms with Gasteiger partial charge in [-0.05, 0) is 71.7 Å². The van der Waals surface area contributed by atoms with E-state index < -0.39 is 54.3 Å². The van der Waals surface area contributed by atoms with Crippen LogP contribution in [0.15, 0.2) is 103 Å². The zero-order valence-corrected chi connectivity index (χ0v) is 48.0. The Kier molecular flexibility index (Phi) is 21.9. The summed E-state index contributed by atoms with van der Waals surface area (Å²) in [7, 11) is 2.53. The van der Waals surface area contributed by atoms with Gasteiger partial charge < -0.3 is 30.3 Å². The lowest BCUT2D eigenvalue weighted by molar-refractivity contribution is -0.119. The third-order valence-corrected chi connectivity index (χ3v) is 16.8. The molecule has 24 nitrogen and oxygen atoms in total. The first-order valence-corrected chi connectivity index (χ1v) is 29.7. The summed E-state index contributed by atoms with van der Waals surface area (Å²) in [6.45, 7) is -0.843. The van der Waals surface area contributed by atoms with Crippen molar-refractivity contribution in [2.75, 3.05) is 70.8 Å². The average molecular weight is 1210 g/mol. The fourth-order valence-electron chi connectivity index (χ4n) is 7.99. The van der Waals surface area contributed by atoms with Crippen LogP contribution in [0.1, 0.15) is 94.5 Å². The minimum atomic E-state index is -0.977. The van der Waals surface area contributed by atoms with Gasteiger partial charge in [-0.25, -0.2) is 19.2 Å². The summed E-state index contributed by atoms with van der Waals surface area (Å²) < 4.78 is 9.55. The van der Waals surface area contributed by atoms with Crippen LogP contribution in [0.4, 0.5) is 41.5 Å². The van der Waals surface area contributed by atoms with Crippen molar-refractivity contribution in [3.63, 3.8) is 0 Å². The lowest BCUT2D eigenvalue weighted by atomic mass is 9.93. The van der Waals surface area contributed by atoms with Gasteiger partial charge in [0.1, 0.15) is 20.0 Å². The molecule has 0 saturated heterocycles. The molecule has 0 aliphatic heterocycles. The molecule has 3 unspecified atom stereocenters. The van der Waals surface area contributed by atoms with Crippen LogP contribution in [-0.4, -0.2) is 126 Å². The van der Waals surface area contributed by atoms with Gasteiger partial charge >= 0.3 is 24.0 Å². The first-order valence-electron chi connectivity index (χ1n) is 25.3. The molecule has 0 radical (unpaired) electrons. The Bertz CT molecular complexity index is 3470. The quantitative estimate of drug-likeness (QED) is 0.0177. The summed E-state index contributed by atoms with van der Waals surface area (Å²) in [6.07, 6.45) is 4.28. The van der Waals surface area contributed by atoms with Gasteiger partial charge in [0, 0.05) is 42.3 Å². The Morgan fingerprint density at radius 1 is 0.488 bits per heavy atom. The fraction of sp³-hybridized carbons (Fsp3) is 0.283. The lowest BCUT2D eigenvalue weighted by Gasteiger charge is -2.18. The Balaban J connectivity index is 0.860. The predicted octanol–water partition coefficient (Wildman–Crippen LogP) is 8.45. The summed E-state index contributed by atoms with van der Waals surface area (Å²) in [5.74, 6) is -2.99. The summed E-state index contributed by atoms with van der Waals surface area (Å²) in [4.78, 5) is 76.6. The predicted molar refractivity (Wildman–Crippen MR) is 314 cm³/mol. The van der Waals surface area contributed by atoms with Gasteiger partial charge in [-0.1, -0.05) is 118 Å². The molecule has 4 aromatic heterocycles. The second-order valence-corrected chi connectivity index (χ2v) is 23.1. The molecule has 8 aromatic rings. The highest BCUT2D eigenvalue weighted by Gasteiger charge is 2.26. The fourth-order valence-corrected chi connectivity index (χ4v) is 12.5. The maximum absolute atomic E-state index is 13.8. The summed E-state index contributed by atoms with van der Waals surface area (Å²) in [5, 5.41) is 74.6. The number of carbonyl (C=O) groups excluding carboxylic acids is 6. The Morgan fingerprint density at radius 3 is 1.49 bits per heavy atom. The first-order chi connectivity index (χ1) is 39.9. The van der Waals surface area contributed by atoms with E-state index in [0.29, 0.717) is 73.5 Å². The van der Waals surface area contributed by atoms with Crippen molar-refractivity contribution in [2.45, 2.75) is 56.3 Å². The van der Waals surface area contributed by atoms with Crippen molar-refractivity contribution < 1.29 is 48.5 Å². The van der Waals surface area contributed by atoms with E-state index in [-0.39, 0.29) is 33.9 Å². The van der Waals surface area contributed by atoms with E-state index >= 15 is 0 Å². The molecule has 3 atom stereocenters. The van der Waals surface area contributed by atoms with Crippen molar-refractivity contribution in [1.29, 1.82) is 0 Å². The second kappa shape index (κ2) is 30.0. The number of esters is 2. The molecule has 6 amide bonds. The van der Waals surface area contributed by atoms with E-state index in [4.69, 9.17) is 9.47 Å². The van der Waals surface area contributed by atoms with Crippen LogP contribution in [0.5, 0.6) is 0 Å². The van der Waals surface area contributed by atoms with Crippen LogP contribution in [0, 0.1) is 0 Å². The van der Waals surface area contributed by atoms with Crippen molar-refractivity contribution in [3.05, 3.63) is 151 Å². The van der Waals surface area contributed by atoms with Crippen molar-refractivity contribution in [3.8, 4) is 0 Å². The number of methoxy groups -OCH3 is 2. The molecule has 29 heteroatoms. The molecular weight excluding hydrogens is 1150 g/mol. The zero-order chi connectivity index (χ0) is 57.8. The lowest BCUT2D eigenvalue weighted by Crippen LogP contribution is -2.24. The third-order valence-electron chi connectivity index (χ3n) is 12.1. The van der Waals surface area contributed by atoms with E-state index in [2.05, 4.69) is 72.7 Å². The number of aromatic nitrogens is 8. The Hall–Kier alpha value is -8.19. The number of carbonyl (C=O) groups is 6. The normalized spacial score (nSPS) is 12.1. The van der Waals surface area contributed by atoms with Gasteiger partial charge in [-0.3, -0.25) is 30.9 Å². The van der Waals surface area contributed by atoms with Crippen molar-refractivity contribution >= 4 is 125 Å². The SMILES string of the molecule is COC(=O)c1cccc(NC(=O)Nc2nnc(CCSCC(c3cccc(C(CO)C(=O)Nc4nnc(CCCCCc5nnc(NC(=O)C(CO)c6ccccc6)s5)s4)c3)c3nnc(NC(=O)Nc4cccc(C(=O)OC)c4)s3)s2)c1. The second-order valence-electron chi connectivity index (χ2n) is 17.7. The minimum absolute atomic E-state index is 0.199. The molecule has 0 aliphatic rings. The maximum Gasteiger partial charge on any atom is 0.337 e. The standard InChI is InChI=1S/C53H54N14O10S5/c1-76-46(72)33-16-10-18-35(25-33)54-48(74)58-52-66-62-42(81-52)22-23-78-29-39(45-63-67-53(82-45)59-49(75)55-36-19-11-17-34(26-36)47(73)77-2)32-15-9-14-31(24-32)38(28-69)44(71)57-51-65-61-41(80-51)21-8-4-7-20-40-60-64-50(79-40)56-43(70)37(27-68)30-12-5-3-6-13-30/h3,5-6,9-19,24-26,37-39,68-69H,4,7-8,20-23,27-29H2,1-2H3,(H,56,64,70)(H,57,65,71)(H2,54,58,66,74)(H2,55,59,67,75). The van der Waals surface area contributed by atoms with E-state index in [9.17, 15) is 39.0 Å². The minimum Gasteiger partial charge on any atom is -0.465 e. The van der Waals surface area contributed by atoms with E-state index in [1.165, 1.54) is 60.4 Å². The number of hydrogen-bond acceptors (Lipinski definition) is 23. The highest BCUT2D eigenvalue weighted by atomic mass is 32.2. The number of aliphatic hydroxyl groups excluding tert-OH is 2. The number of amides is 6. The van der Waals surface area contributed by atoms with E-state index in [1.807, 2.05) is 30.3 Å². The molecule has 0 spiro atoms. The van der Waals surface area contributed by atoms with Crippen LogP contribution in [0.2, 0.25) is 0 Å². The number of anilines is 6. The zero-order valence-electron chi connectivity index (χ0n) is 43.9. The monoisotopic (exact) mass is 1210 g/mol. The largest absolute Gasteiger partial charge is 0.465 e. The van der Waals surface area contributed by atoms with Crippen LogP contribution in [-0.2, 0) is 38.3 Å². The van der Waals surface area contributed by atoms with E-state index in [1.54, 1.807) is 72.4 Å². The molecule has 0 fully saturated rings. The number of ether oxygens (including phenoxy) is 2. The van der Waals surface area contributed by atoms with Crippen LogP contribution in [0.3, 0.4) is 0 Å². The molecule has 8 N–H and O–H groups in total. The number of urea groups is 2. The summed E-state index contributed by atoms with van der Waals surface area (Å²) in [5.41, 5.74) is 3.27. The molecule has 0 aliphatic carbocycles. The number of thioether (sulfide) groups is 1. The van der Waals surface area contributed by atoms with Crippen molar-refractivity contribution in [1.82, 2.24) is 40.8 Å². The highest BCUT2D eigenvalue weighted by Crippen LogP contribution is 2.35. The maximum atomic E-state index is 13.8. The molecular formula is C53H54N14O10S5. The molecule has 0 bridgehead atoms. The molecule has 4 aromatic carbocycles. The number of rotatable bonds is 27. The van der Waals surface area contributed by atoms with Gasteiger partial charge in [0.2, 0.25) is 32.3 Å². The van der Waals surface area contributed by atoms with Gasteiger partial charge in [-0.2, -0.15) is 11.8 Å².